The number of nitrogens with zero attached hydrogens (tertiary/aromatic N) is 2. The Balaban J connectivity index is 1.89. The molecule has 3 aromatic rings. The van der Waals surface area contributed by atoms with Crippen molar-refractivity contribution in [2.45, 2.75) is 4.90 Å². The number of hydrogen-bond donors (Lipinski definition) is 1. The van der Waals surface area contributed by atoms with Crippen LogP contribution in [-0.4, -0.2) is 13.4 Å². The van der Waals surface area contributed by atoms with Crippen LogP contribution >= 0.6 is 34.2 Å². The molecule has 0 saturated heterocycles. The maximum atomic E-state index is 12.6. The van der Waals surface area contributed by atoms with Crippen molar-refractivity contribution in [2.24, 2.45) is 0 Å². The Hall–Kier alpha value is -2.35. The van der Waals surface area contributed by atoms with E-state index in [2.05, 4.69) is 32.3 Å². The first kappa shape index (κ1) is 19.4. The first-order chi connectivity index (χ1) is 12.9. The van der Waals surface area contributed by atoms with Gasteiger partial charge < -0.3 is 4.74 Å². The summed E-state index contributed by atoms with van der Waals surface area (Å²) < 4.78 is 34.2. The molecular weight excluding hydrogens is 501 g/mol. The maximum absolute atomic E-state index is 12.6. The number of anilines is 1. The van der Waals surface area contributed by atoms with Crippen molar-refractivity contribution in [1.29, 1.82) is 5.26 Å². The van der Waals surface area contributed by atoms with Gasteiger partial charge in [0.15, 0.2) is 0 Å². The fourth-order valence-electron chi connectivity index (χ4n) is 2.16. The number of hydrogen-bond acceptors (Lipinski definition) is 5. The summed E-state index contributed by atoms with van der Waals surface area (Å²) in [5, 5.41) is 9.76. The molecule has 0 radical (unpaired) electrons. The summed E-state index contributed by atoms with van der Waals surface area (Å²) in [5.41, 5.74) is 0.500. The third kappa shape index (κ3) is 4.88. The maximum Gasteiger partial charge on any atom is 0.261 e. The van der Waals surface area contributed by atoms with Crippen LogP contribution in [-0.2, 0) is 10.0 Å². The number of nitrogens with one attached hydrogen (secondary N) is 1. The predicted octanol–water partition coefficient (Wildman–Crippen LogP) is 4.80. The monoisotopic (exact) mass is 511 g/mol. The van der Waals surface area contributed by atoms with E-state index in [0.717, 1.165) is 3.57 Å². The van der Waals surface area contributed by atoms with Crippen molar-refractivity contribution in [2.75, 3.05) is 4.72 Å². The van der Waals surface area contributed by atoms with Gasteiger partial charge in [-0.25, -0.2) is 8.42 Å². The van der Waals surface area contributed by atoms with Gasteiger partial charge in [0.25, 0.3) is 10.0 Å². The van der Waals surface area contributed by atoms with Gasteiger partial charge in [0.05, 0.1) is 21.7 Å². The molecule has 27 heavy (non-hydrogen) atoms. The molecule has 0 aliphatic heterocycles. The minimum atomic E-state index is -3.85. The molecule has 1 aromatic heterocycles. The average Bonchev–Trinajstić information content (AvgIpc) is 2.64. The highest BCUT2D eigenvalue weighted by Crippen LogP contribution is 2.28. The van der Waals surface area contributed by atoms with E-state index in [0.29, 0.717) is 16.5 Å². The lowest BCUT2D eigenvalue weighted by atomic mass is 10.2. The molecule has 3 rings (SSSR count). The van der Waals surface area contributed by atoms with E-state index in [1.165, 1.54) is 30.6 Å². The summed E-state index contributed by atoms with van der Waals surface area (Å²) in [7, 11) is -3.85. The molecular formula is C18H11ClIN3O3S. The van der Waals surface area contributed by atoms with E-state index in [1.54, 1.807) is 30.3 Å². The van der Waals surface area contributed by atoms with E-state index in [1.807, 2.05) is 6.07 Å². The van der Waals surface area contributed by atoms with E-state index in [9.17, 15) is 13.7 Å². The van der Waals surface area contributed by atoms with Crippen LogP contribution < -0.4 is 9.46 Å². The van der Waals surface area contributed by atoms with Crippen LogP contribution in [0.1, 0.15) is 5.56 Å². The second-order valence-corrected chi connectivity index (χ2v) is 8.69. The molecule has 0 bridgehead atoms. The topological polar surface area (TPSA) is 92.1 Å². The fourth-order valence-corrected chi connectivity index (χ4v) is 3.77. The number of pyridine rings is 1. The lowest BCUT2D eigenvalue weighted by Crippen LogP contribution is -2.13. The van der Waals surface area contributed by atoms with Gasteiger partial charge in [0.1, 0.15) is 17.6 Å². The van der Waals surface area contributed by atoms with Gasteiger partial charge in [-0.3, -0.25) is 9.71 Å². The molecule has 0 aliphatic rings. The van der Waals surface area contributed by atoms with Crippen molar-refractivity contribution >= 4 is 49.9 Å². The van der Waals surface area contributed by atoms with Crippen LogP contribution in [0.3, 0.4) is 0 Å². The zero-order chi connectivity index (χ0) is 19.4. The van der Waals surface area contributed by atoms with Crippen LogP contribution in [0.5, 0.6) is 11.5 Å². The Kier molecular flexibility index (Phi) is 5.84. The summed E-state index contributed by atoms with van der Waals surface area (Å²) in [4.78, 5) is 3.85. The number of nitriles is 1. The molecule has 0 fully saturated rings. The molecule has 9 heteroatoms. The second-order valence-electron chi connectivity index (χ2n) is 5.32. The highest BCUT2D eigenvalue weighted by molar-refractivity contribution is 14.1. The molecule has 0 aliphatic carbocycles. The zero-order valence-corrected chi connectivity index (χ0v) is 17.3. The molecule has 0 spiro atoms. The van der Waals surface area contributed by atoms with E-state index >= 15 is 0 Å². The summed E-state index contributed by atoms with van der Waals surface area (Å²) in [6, 6.07) is 14.4. The third-order valence-electron chi connectivity index (χ3n) is 3.39. The number of aromatic nitrogens is 1. The number of ether oxygens (including phenoxy) is 1. The molecule has 0 atom stereocenters. The number of halogens is 2. The van der Waals surface area contributed by atoms with Crippen molar-refractivity contribution in [1.82, 2.24) is 4.98 Å². The van der Waals surface area contributed by atoms with Gasteiger partial charge in [-0.1, -0.05) is 11.6 Å². The predicted molar refractivity (Wildman–Crippen MR) is 110 cm³/mol. The van der Waals surface area contributed by atoms with E-state index < -0.39 is 10.0 Å². The minimum absolute atomic E-state index is 0.0471. The van der Waals surface area contributed by atoms with Crippen molar-refractivity contribution < 1.29 is 13.2 Å². The van der Waals surface area contributed by atoms with Gasteiger partial charge in [0, 0.05) is 21.5 Å². The van der Waals surface area contributed by atoms with Gasteiger partial charge in [-0.05, 0) is 65.1 Å². The average molecular weight is 512 g/mol. The molecule has 6 nitrogen and oxygen atoms in total. The van der Waals surface area contributed by atoms with Crippen molar-refractivity contribution in [3.05, 3.63) is 75.1 Å². The summed E-state index contributed by atoms with van der Waals surface area (Å²) in [6.07, 6.45) is 2.89. The highest BCUT2D eigenvalue weighted by atomic mass is 127. The summed E-state index contributed by atoms with van der Waals surface area (Å²) >= 11 is 7.99. The van der Waals surface area contributed by atoms with Crippen molar-refractivity contribution in [3.63, 3.8) is 0 Å². The smallest absolute Gasteiger partial charge is 0.261 e. The SMILES string of the molecule is N#Cc1cc(S(=O)(=O)Nc2ccc(I)cc2)ccc1Oc1cncc(Cl)c1. The first-order valence-electron chi connectivity index (χ1n) is 7.48. The summed E-state index contributed by atoms with van der Waals surface area (Å²) in [6.45, 7) is 0. The number of benzene rings is 2. The molecule has 0 unspecified atom stereocenters. The lowest BCUT2D eigenvalue weighted by Gasteiger charge is -2.11. The highest BCUT2D eigenvalue weighted by Gasteiger charge is 2.17. The molecule has 1 N–H and O–H groups in total. The van der Waals surface area contributed by atoms with E-state index in [4.69, 9.17) is 16.3 Å². The molecule has 1 heterocycles. The molecule has 0 saturated carbocycles. The van der Waals surface area contributed by atoms with Crippen molar-refractivity contribution in [3.8, 4) is 17.6 Å². The Morgan fingerprint density at radius 1 is 1.11 bits per heavy atom. The Bertz CT molecular complexity index is 1130. The van der Waals surface area contributed by atoms with Gasteiger partial charge in [0.2, 0.25) is 0 Å². The third-order valence-corrected chi connectivity index (χ3v) is 5.69. The normalized spacial score (nSPS) is 10.9. The zero-order valence-electron chi connectivity index (χ0n) is 13.6. The van der Waals surface area contributed by atoms with Gasteiger partial charge in [-0.2, -0.15) is 5.26 Å². The largest absolute Gasteiger partial charge is 0.454 e. The fraction of sp³-hybridized carbons (Fsp3) is 0. The molecule has 136 valence electrons. The van der Waals surface area contributed by atoms with Crippen LogP contribution in [0.25, 0.3) is 0 Å². The summed E-state index contributed by atoms with van der Waals surface area (Å²) in [5.74, 6) is 0.543. The quantitative estimate of drug-likeness (QED) is 0.497. The van der Waals surface area contributed by atoms with Gasteiger partial charge >= 0.3 is 0 Å². The number of rotatable bonds is 5. The van der Waals surface area contributed by atoms with Crippen LogP contribution in [0, 0.1) is 14.9 Å². The Morgan fingerprint density at radius 2 is 1.85 bits per heavy atom. The molecule has 2 aromatic carbocycles. The second kappa shape index (κ2) is 8.12. The Morgan fingerprint density at radius 3 is 2.52 bits per heavy atom. The van der Waals surface area contributed by atoms with Crippen LogP contribution in [0.15, 0.2) is 65.8 Å². The van der Waals surface area contributed by atoms with Gasteiger partial charge in [-0.15, -0.1) is 0 Å². The van der Waals surface area contributed by atoms with E-state index in [-0.39, 0.29) is 16.2 Å². The number of sulfonamides is 1. The minimum Gasteiger partial charge on any atom is -0.454 e. The Labute approximate surface area is 175 Å². The van der Waals surface area contributed by atoms with Crippen LogP contribution in [0.2, 0.25) is 5.02 Å². The van der Waals surface area contributed by atoms with Crippen LogP contribution in [0.4, 0.5) is 5.69 Å². The molecule has 0 amide bonds. The first-order valence-corrected chi connectivity index (χ1v) is 10.4. The lowest BCUT2D eigenvalue weighted by molar-refractivity contribution is 0.478. The standard InChI is InChI=1S/C18H11ClIN3O3S/c19-13-8-16(11-22-10-13)26-18-6-5-17(7-12(18)9-21)27(24,25)23-15-3-1-14(20)2-4-15/h1-8,10-11,23H.